The average molecular weight is 551 g/mol. The number of imide groups is 1. The van der Waals surface area contributed by atoms with E-state index in [-0.39, 0.29) is 30.2 Å². The van der Waals surface area contributed by atoms with E-state index in [0.717, 1.165) is 28.5 Å². The van der Waals surface area contributed by atoms with Gasteiger partial charge in [0.05, 0.1) is 18.1 Å². The van der Waals surface area contributed by atoms with E-state index in [1.807, 2.05) is 45.0 Å². The number of carbonyl (C=O) groups is 3. The number of amides is 3. The lowest BCUT2D eigenvalue weighted by Crippen LogP contribution is -2.27. The zero-order valence-corrected chi connectivity index (χ0v) is 22.8. The molecule has 9 heteroatoms. The fourth-order valence-electron chi connectivity index (χ4n) is 3.77. The lowest BCUT2D eigenvalue weighted by atomic mass is 10.1. The first-order valence-electron chi connectivity index (χ1n) is 12.0. The summed E-state index contributed by atoms with van der Waals surface area (Å²) in [5, 5.41) is 3.02. The second-order valence-electron chi connectivity index (χ2n) is 8.67. The van der Waals surface area contributed by atoms with Gasteiger partial charge >= 0.3 is 0 Å². The van der Waals surface area contributed by atoms with E-state index in [2.05, 4.69) is 5.32 Å². The normalized spacial score (nSPS) is 14.2. The highest BCUT2D eigenvalue weighted by molar-refractivity contribution is 8.18. The Morgan fingerprint density at radius 1 is 1.00 bits per heavy atom. The SMILES string of the molecule is CCOc1cc(/C=C2\SC(=O)N(Cc3cccc(Cl)c3)C2=O)ccc1OCC(=O)Nc1ccc(C)c(C)c1. The van der Waals surface area contributed by atoms with Crippen molar-refractivity contribution < 1.29 is 23.9 Å². The minimum atomic E-state index is -0.374. The third-order valence-electron chi connectivity index (χ3n) is 5.82. The lowest BCUT2D eigenvalue weighted by molar-refractivity contribution is -0.123. The molecule has 1 fully saturated rings. The smallest absolute Gasteiger partial charge is 0.293 e. The molecule has 4 rings (SSSR count). The first-order chi connectivity index (χ1) is 18.2. The molecule has 196 valence electrons. The van der Waals surface area contributed by atoms with Crippen LogP contribution in [0, 0.1) is 13.8 Å². The van der Waals surface area contributed by atoms with Crippen molar-refractivity contribution in [1.29, 1.82) is 0 Å². The molecule has 0 aliphatic carbocycles. The van der Waals surface area contributed by atoms with Crippen molar-refractivity contribution in [3.8, 4) is 11.5 Å². The highest BCUT2D eigenvalue weighted by atomic mass is 35.5. The molecule has 0 unspecified atom stereocenters. The van der Waals surface area contributed by atoms with Crippen LogP contribution in [0.15, 0.2) is 65.6 Å². The van der Waals surface area contributed by atoms with Crippen LogP contribution in [0.5, 0.6) is 11.5 Å². The molecule has 3 aromatic carbocycles. The van der Waals surface area contributed by atoms with E-state index in [0.29, 0.717) is 39.3 Å². The summed E-state index contributed by atoms with van der Waals surface area (Å²) in [6.07, 6.45) is 1.64. The summed E-state index contributed by atoms with van der Waals surface area (Å²) in [6.45, 7) is 6.15. The first-order valence-corrected chi connectivity index (χ1v) is 13.2. The van der Waals surface area contributed by atoms with Gasteiger partial charge < -0.3 is 14.8 Å². The van der Waals surface area contributed by atoms with Crippen molar-refractivity contribution in [2.75, 3.05) is 18.5 Å². The van der Waals surface area contributed by atoms with Crippen molar-refractivity contribution in [2.24, 2.45) is 0 Å². The summed E-state index contributed by atoms with van der Waals surface area (Å²) in [5.74, 6) is 0.154. The molecule has 1 heterocycles. The maximum Gasteiger partial charge on any atom is 0.293 e. The summed E-state index contributed by atoms with van der Waals surface area (Å²) >= 11 is 6.91. The third-order valence-corrected chi connectivity index (χ3v) is 6.96. The van der Waals surface area contributed by atoms with E-state index in [9.17, 15) is 14.4 Å². The van der Waals surface area contributed by atoms with Crippen LogP contribution in [0.1, 0.15) is 29.2 Å². The van der Waals surface area contributed by atoms with Crippen LogP contribution < -0.4 is 14.8 Å². The number of ether oxygens (including phenoxy) is 2. The number of thioether (sulfide) groups is 1. The van der Waals surface area contributed by atoms with Crippen LogP contribution in [0.2, 0.25) is 5.02 Å². The van der Waals surface area contributed by atoms with Crippen LogP contribution in [0.25, 0.3) is 6.08 Å². The monoisotopic (exact) mass is 550 g/mol. The van der Waals surface area contributed by atoms with E-state index in [1.165, 1.54) is 4.90 Å². The molecule has 0 radical (unpaired) electrons. The fourth-order valence-corrected chi connectivity index (χ4v) is 4.82. The van der Waals surface area contributed by atoms with Gasteiger partial charge in [0, 0.05) is 10.7 Å². The van der Waals surface area contributed by atoms with Gasteiger partial charge in [-0.1, -0.05) is 35.9 Å². The Kier molecular flexibility index (Phi) is 8.76. The van der Waals surface area contributed by atoms with E-state index in [4.69, 9.17) is 21.1 Å². The molecule has 0 saturated carbocycles. The number of hydrogen-bond acceptors (Lipinski definition) is 6. The van der Waals surface area contributed by atoms with Crippen molar-refractivity contribution >= 4 is 52.2 Å². The van der Waals surface area contributed by atoms with Crippen LogP contribution in [0.4, 0.5) is 10.5 Å². The minimum absolute atomic E-state index is 0.143. The molecule has 38 heavy (non-hydrogen) atoms. The van der Waals surface area contributed by atoms with E-state index >= 15 is 0 Å². The largest absolute Gasteiger partial charge is 0.490 e. The summed E-state index contributed by atoms with van der Waals surface area (Å²) in [4.78, 5) is 39.4. The van der Waals surface area contributed by atoms with Gasteiger partial charge in [-0.25, -0.2) is 0 Å². The Morgan fingerprint density at radius 3 is 2.55 bits per heavy atom. The molecule has 3 amide bonds. The zero-order chi connectivity index (χ0) is 27.2. The third kappa shape index (κ3) is 6.76. The minimum Gasteiger partial charge on any atom is -0.490 e. The van der Waals surface area contributed by atoms with E-state index < -0.39 is 0 Å². The van der Waals surface area contributed by atoms with Crippen molar-refractivity contribution in [3.05, 3.63) is 92.8 Å². The number of benzene rings is 3. The van der Waals surface area contributed by atoms with Gasteiger partial charge in [0.25, 0.3) is 17.1 Å². The number of anilines is 1. The van der Waals surface area contributed by atoms with Crippen LogP contribution in [-0.2, 0) is 16.1 Å². The Labute approximate surface area is 230 Å². The average Bonchev–Trinajstić information content (AvgIpc) is 3.13. The molecular weight excluding hydrogens is 524 g/mol. The summed E-state index contributed by atoms with van der Waals surface area (Å²) in [7, 11) is 0. The molecule has 1 saturated heterocycles. The number of hydrogen-bond donors (Lipinski definition) is 1. The van der Waals surface area contributed by atoms with Crippen molar-refractivity contribution in [2.45, 2.75) is 27.3 Å². The number of carbonyl (C=O) groups excluding carboxylic acids is 3. The molecule has 7 nitrogen and oxygen atoms in total. The topological polar surface area (TPSA) is 84.9 Å². The molecule has 3 aromatic rings. The molecule has 1 aliphatic heterocycles. The Hall–Kier alpha value is -3.75. The number of aryl methyl sites for hydroxylation is 2. The van der Waals surface area contributed by atoms with Gasteiger partial charge in [0.2, 0.25) is 0 Å². The van der Waals surface area contributed by atoms with Crippen molar-refractivity contribution in [3.63, 3.8) is 0 Å². The molecule has 0 bridgehead atoms. The second-order valence-corrected chi connectivity index (χ2v) is 10.1. The quantitative estimate of drug-likeness (QED) is 0.302. The van der Waals surface area contributed by atoms with Crippen LogP contribution in [-0.4, -0.2) is 35.2 Å². The van der Waals surface area contributed by atoms with Gasteiger partial charge in [-0.2, -0.15) is 0 Å². The molecule has 0 aromatic heterocycles. The van der Waals surface area contributed by atoms with Gasteiger partial charge in [-0.3, -0.25) is 19.3 Å². The fraction of sp³-hybridized carbons (Fsp3) is 0.207. The zero-order valence-electron chi connectivity index (χ0n) is 21.2. The standard InChI is InChI=1S/C29H27ClN2O5S/c1-4-36-25-14-20(9-11-24(25)37-17-27(33)31-23-10-8-18(2)19(3)12-23)15-26-28(34)32(29(35)38-26)16-21-6-5-7-22(30)13-21/h5-15H,4,16-17H2,1-3H3,(H,31,33)/b26-15-. The number of halogens is 1. The second kappa shape index (κ2) is 12.2. The van der Waals surface area contributed by atoms with Gasteiger partial charge in [-0.15, -0.1) is 0 Å². The maximum absolute atomic E-state index is 12.9. The predicted molar refractivity (Wildman–Crippen MR) is 151 cm³/mol. The molecule has 1 aliphatic rings. The maximum atomic E-state index is 12.9. The number of nitrogens with zero attached hydrogens (tertiary/aromatic N) is 1. The Balaban J connectivity index is 1.44. The number of rotatable bonds is 9. The van der Waals surface area contributed by atoms with Crippen LogP contribution in [0.3, 0.4) is 0 Å². The molecule has 0 spiro atoms. The van der Waals surface area contributed by atoms with Gasteiger partial charge in [-0.05, 0) is 97.3 Å². The Morgan fingerprint density at radius 2 is 1.82 bits per heavy atom. The van der Waals surface area contributed by atoms with E-state index in [1.54, 1.807) is 42.5 Å². The summed E-state index contributed by atoms with van der Waals surface area (Å²) < 4.78 is 11.4. The predicted octanol–water partition coefficient (Wildman–Crippen LogP) is 6.61. The van der Waals surface area contributed by atoms with Crippen LogP contribution >= 0.6 is 23.4 Å². The summed E-state index contributed by atoms with van der Waals surface area (Å²) in [5.41, 5.74) is 4.36. The highest BCUT2D eigenvalue weighted by Gasteiger charge is 2.35. The molecule has 0 atom stereocenters. The highest BCUT2D eigenvalue weighted by Crippen LogP contribution is 2.35. The lowest BCUT2D eigenvalue weighted by Gasteiger charge is -2.13. The molecule has 1 N–H and O–H groups in total. The number of nitrogens with one attached hydrogen (secondary N) is 1. The Bertz CT molecular complexity index is 1420. The van der Waals surface area contributed by atoms with Crippen molar-refractivity contribution in [1.82, 2.24) is 4.90 Å². The summed E-state index contributed by atoms with van der Waals surface area (Å²) in [6, 6.07) is 17.9. The first kappa shape index (κ1) is 27.3. The molecular formula is C29H27ClN2O5S. The van der Waals surface area contributed by atoms with Gasteiger partial charge in [0.1, 0.15) is 0 Å². The van der Waals surface area contributed by atoms with Gasteiger partial charge in [0.15, 0.2) is 18.1 Å².